The first-order valence-corrected chi connectivity index (χ1v) is 10.8. The highest BCUT2D eigenvalue weighted by molar-refractivity contribution is 5.62. The summed E-state index contributed by atoms with van der Waals surface area (Å²) in [5.41, 5.74) is 1.80. The second kappa shape index (κ2) is 8.65. The highest BCUT2D eigenvalue weighted by atomic mass is 19.1. The van der Waals surface area contributed by atoms with Crippen molar-refractivity contribution < 1.29 is 8.78 Å². The third-order valence-electron chi connectivity index (χ3n) is 6.35. The van der Waals surface area contributed by atoms with Gasteiger partial charge in [-0.25, -0.2) is 18.7 Å². The maximum Gasteiger partial charge on any atom is 0.225 e. The van der Waals surface area contributed by atoms with Crippen LogP contribution in [0.2, 0.25) is 0 Å². The van der Waals surface area contributed by atoms with Crippen molar-refractivity contribution in [1.82, 2.24) is 20.2 Å². The van der Waals surface area contributed by atoms with Crippen LogP contribution in [0.5, 0.6) is 0 Å². The molecule has 1 aromatic carbocycles. The zero-order chi connectivity index (χ0) is 22.0. The average Bonchev–Trinajstić information content (AvgIpc) is 2.78. The Balaban J connectivity index is 1.76. The van der Waals surface area contributed by atoms with Crippen LogP contribution < -0.4 is 4.90 Å². The molecule has 0 amide bonds. The number of hydrogen-bond donors (Lipinski definition) is 0. The molecule has 0 saturated heterocycles. The topological polar surface area (TPSA) is 54.8 Å². The fraction of sp³-hybridized carbons (Fsp3) is 0.417. The minimum atomic E-state index is -0.626. The van der Waals surface area contributed by atoms with E-state index in [9.17, 15) is 8.78 Å². The van der Waals surface area contributed by atoms with Crippen molar-refractivity contribution in [3.63, 3.8) is 0 Å². The number of anilines is 1. The Kier molecular flexibility index (Phi) is 5.94. The third kappa shape index (κ3) is 4.01. The van der Waals surface area contributed by atoms with E-state index in [4.69, 9.17) is 0 Å². The van der Waals surface area contributed by atoms with Crippen LogP contribution in [0.3, 0.4) is 0 Å². The summed E-state index contributed by atoms with van der Waals surface area (Å²) in [5, 5.41) is 8.83. The van der Waals surface area contributed by atoms with Crippen LogP contribution in [-0.2, 0) is 5.41 Å². The summed E-state index contributed by atoms with van der Waals surface area (Å²) < 4.78 is 28.8. The zero-order valence-electron chi connectivity index (χ0n) is 18.1. The number of likely N-dealkylation sites (N-methyl/N-ethyl adjacent to an activating group) is 1. The lowest BCUT2D eigenvalue weighted by molar-refractivity contribution is 0.344. The second-order valence-electron chi connectivity index (χ2n) is 8.40. The Morgan fingerprint density at radius 3 is 2.42 bits per heavy atom. The Morgan fingerprint density at radius 1 is 1.06 bits per heavy atom. The Labute approximate surface area is 181 Å². The molecule has 2 heterocycles. The van der Waals surface area contributed by atoms with E-state index in [-0.39, 0.29) is 22.6 Å². The largest absolute Gasteiger partial charge is 0.340 e. The number of aromatic nitrogens is 4. The highest BCUT2D eigenvalue weighted by Gasteiger charge is 2.39. The van der Waals surface area contributed by atoms with Gasteiger partial charge in [-0.15, -0.1) is 0 Å². The SMILES string of the molecule is CC[C@H]1CC[C@](C)(CN(CC)c2ncccn2)c2nnc(-c3c(F)cccc3F)cc21. The molecule has 2 aromatic heterocycles. The maximum atomic E-state index is 14.4. The molecule has 0 saturated carbocycles. The van der Waals surface area contributed by atoms with Gasteiger partial charge in [0, 0.05) is 30.9 Å². The van der Waals surface area contributed by atoms with Crippen LogP contribution >= 0.6 is 0 Å². The first-order chi connectivity index (χ1) is 15.0. The van der Waals surface area contributed by atoms with Gasteiger partial charge in [-0.2, -0.15) is 10.2 Å². The summed E-state index contributed by atoms with van der Waals surface area (Å²) in [6.07, 6.45) is 6.35. The fourth-order valence-electron chi connectivity index (χ4n) is 4.60. The van der Waals surface area contributed by atoms with Crippen molar-refractivity contribution in [2.45, 2.75) is 51.4 Å². The summed E-state index contributed by atoms with van der Waals surface area (Å²) in [7, 11) is 0. The van der Waals surface area contributed by atoms with Gasteiger partial charge in [0.1, 0.15) is 11.6 Å². The molecule has 162 valence electrons. The van der Waals surface area contributed by atoms with Gasteiger partial charge in [-0.3, -0.25) is 0 Å². The molecule has 5 nitrogen and oxygen atoms in total. The van der Waals surface area contributed by atoms with E-state index in [1.807, 2.05) is 6.07 Å². The van der Waals surface area contributed by atoms with Gasteiger partial charge in [0.25, 0.3) is 0 Å². The van der Waals surface area contributed by atoms with E-state index in [0.717, 1.165) is 37.1 Å². The van der Waals surface area contributed by atoms with Crippen LogP contribution in [0.1, 0.15) is 57.2 Å². The standard InChI is InChI=1S/C24H27F2N5/c1-4-16-10-11-24(3,15-31(5-2)23-27-12-7-13-28-23)22-17(16)14-20(29-30-22)21-18(25)8-6-9-19(21)26/h6-9,12-14,16H,4-5,10-11,15H2,1-3H3/t16-,24+/m0/s1. The van der Waals surface area contributed by atoms with Gasteiger partial charge < -0.3 is 4.90 Å². The smallest absolute Gasteiger partial charge is 0.225 e. The van der Waals surface area contributed by atoms with Crippen molar-refractivity contribution in [3.05, 3.63) is 65.6 Å². The summed E-state index contributed by atoms with van der Waals surface area (Å²) in [6.45, 7) is 7.85. The normalized spacial score (nSPS) is 20.4. The zero-order valence-corrected chi connectivity index (χ0v) is 18.1. The molecule has 2 atom stereocenters. The fourth-order valence-corrected chi connectivity index (χ4v) is 4.60. The number of nitrogens with zero attached hydrogens (tertiary/aromatic N) is 5. The molecule has 7 heteroatoms. The Hall–Kier alpha value is -2.96. The predicted octanol–water partition coefficient (Wildman–Crippen LogP) is 5.28. The lowest BCUT2D eigenvalue weighted by Gasteiger charge is -2.41. The van der Waals surface area contributed by atoms with Crippen LogP contribution in [0.25, 0.3) is 11.3 Å². The van der Waals surface area contributed by atoms with Gasteiger partial charge in [-0.05, 0) is 61.9 Å². The second-order valence-corrected chi connectivity index (χ2v) is 8.40. The minimum Gasteiger partial charge on any atom is -0.340 e. The number of rotatable bonds is 6. The van der Waals surface area contributed by atoms with Crippen LogP contribution in [0.15, 0.2) is 42.7 Å². The van der Waals surface area contributed by atoms with E-state index in [1.54, 1.807) is 18.5 Å². The number of hydrogen-bond acceptors (Lipinski definition) is 5. The first kappa shape index (κ1) is 21.3. The average molecular weight is 424 g/mol. The predicted molar refractivity (Wildman–Crippen MR) is 117 cm³/mol. The van der Waals surface area contributed by atoms with Crippen molar-refractivity contribution in [1.29, 1.82) is 0 Å². The molecule has 3 aromatic rings. The quantitative estimate of drug-likeness (QED) is 0.540. The minimum absolute atomic E-state index is 0.118. The van der Waals surface area contributed by atoms with Crippen LogP contribution in [0.4, 0.5) is 14.7 Å². The molecular formula is C24H27F2N5. The number of halogens is 2. The van der Waals surface area contributed by atoms with E-state index in [2.05, 4.69) is 45.8 Å². The number of benzene rings is 1. The maximum absolute atomic E-state index is 14.4. The summed E-state index contributed by atoms with van der Waals surface area (Å²) in [5.74, 6) is -0.280. The molecule has 0 radical (unpaired) electrons. The molecule has 1 aliphatic rings. The lowest BCUT2D eigenvalue weighted by Crippen LogP contribution is -2.43. The molecular weight excluding hydrogens is 396 g/mol. The van der Waals surface area contributed by atoms with E-state index < -0.39 is 11.6 Å². The number of fused-ring (bicyclic) bond motifs is 1. The Morgan fingerprint density at radius 2 is 1.77 bits per heavy atom. The van der Waals surface area contributed by atoms with Gasteiger partial charge in [0.05, 0.1) is 17.0 Å². The van der Waals surface area contributed by atoms with Crippen molar-refractivity contribution >= 4 is 5.95 Å². The molecule has 0 spiro atoms. The molecule has 31 heavy (non-hydrogen) atoms. The molecule has 1 aliphatic carbocycles. The van der Waals surface area contributed by atoms with Crippen molar-refractivity contribution in [2.24, 2.45) is 0 Å². The molecule has 0 aliphatic heterocycles. The summed E-state index contributed by atoms with van der Waals surface area (Å²) >= 11 is 0. The first-order valence-electron chi connectivity index (χ1n) is 10.8. The van der Waals surface area contributed by atoms with Gasteiger partial charge in [0.15, 0.2) is 0 Å². The van der Waals surface area contributed by atoms with Gasteiger partial charge >= 0.3 is 0 Å². The molecule has 0 fully saturated rings. The van der Waals surface area contributed by atoms with E-state index in [0.29, 0.717) is 12.5 Å². The van der Waals surface area contributed by atoms with E-state index in [1.165, 1.54) is 18.2 Å². The lowest BCUT2D eigenvalue weighted by atomic mass is 9.69. The van der Waals surface area contributed by atoms with Crippen LogP contribution in [-0.4, -0.2) is 33.3 Å². The van der Waals surface area contributed by atoms with Crippen LogP contribution in [0, 0.1) is 11.6 Å². The third-order valence-corrected chi connectivity index (χ3v) is 6.35. The molecule has 0 bridgehead atoms. The van der Waals surface area contributed by atoms with Crippen molar-refractivity contribution in [3.8, 4) is 11.3 Å². The van der Waals surface area contributed by atoms with Gasteiger partial charge in [0.2, 0.25) is 5.95 Å². The molecule has 0 N–H and O–H groups in total. The van der Waals surface area contributed by atoms with E-state index >= 15 is 0 Å². The summed E-state index contributed by atoms with van der Waals surface area (Å²) in [6, 6.07) is 7.50. The van der Waals surface area contributed by atoms with Crippen molar-refractivity contribution in [2.75, 3.05) is 18.0 Å². The Bertz CT molecular complexity index is 1040. The molecule has 4 rings (SSSR count). The van der Waals surface area contributed by atoms with Gasteiger partial charge in [-0.1, -0.05) is 19.9 Å². The monoisotopic (exact) mass is 423 g/mol. The molecule has 0 unspecified atom stereocenters. The summed E-state index contributed by atoms with van der Waals surface area (Å²) in [4.78, 5) is 10.9. The highest BCUT2D eigenvalue weighted by Crippen LogP contribution is 2.44.